The van der Waals surface area contributed by atoms with Gasteiger partial charge in [-0.25, -0.2) is 4.98 Å². The van der Waals surface area contributed by atoms with E-state index in [1.54, 1.807) is 19.0 Å². The van der Waals surface area contributed by atoms with Crippen LogP contribution in [-0.4, -0.2) is 34.9 Å². The van der Waals surface area contributed by atoms with Crippen LogP contribution in [0.5, 0.6) is 0 Å². The summed E-state index contributed by atoms with van der Waals surface area (Å²) in [6.07, 6.45) is 0. The molecule has 0 unspecified atom stereocenters. The van der Waals surface area contributed by atoms with E-state index >= 15 is 0 Å². The van der Waals surface area contributed by atoms with Gasteiger partial charge in [-0.05, 0) is 49.6 Å². The molecule has 2 N–H and O–H groups in total. The summed E-state index contributed by atoms with van der Waals surface area (Å²) in [6, 6.07) is 10.1. The monoisotopic (exact) mass is 336 g/mol. The summed E-state index contributed by atoms with van der Waals surface area (Å²) in [5, 5.41) is 3.48. The van der Waals surface area contributed by atoms with E-state index in [4.69, 9.17) is 0 Å². The molecule has 3 rings (SSSR count). The summed E-state index contributed by atoms with van der Waals surface area (Å²) < 4.78 is 0. The first-order valence-corrected chi connectivity index (χ1v) is 8.38. The number of fused-ring (bicyclic) bond motifs is 1. The van der Waals surface area contributed by atoms with Gasteiger partial charge in [-0.3, -0.25) is 4.79 Å². The van der Waals surface area contributed by atoms with Crippen molar-refractivity contribution in [1.29, 1.82) is 0 Å². The normalized spacial score (nSPS) is 10.9. The zero-order valence-electron chi connectivity index (χ0n) is 15.4. The molecule has 5 heteroatoms. The molecule has 0 bridgehead atoms. The second-order valence-electron chi connectivity index (χ2n) is 6.67. The third-order valence-corrected chi connectivity index (χ3v) is 4.46. The maximum absolute atomic E-state index is 12.4. The molecule has 1 heterocycles. The van der Waals surface area contributed by atoms with E-state index in [9.17, 15) is 4.79 Å². The van der Waals surface area contributed by atoms with Crippen LogP contribution in [0.1, 0.15) is 32.9 Å². The SMILES string of the molecule is Cc1nc2c(NCc3c(C)cccc3C)cc(C(=O)N(C)C)cc2[nH]1. The molecule has 1 aromatic heterocycles. The Kier molecular flexibility index (Phi) is 4.49. The lowest BCUT2D eigenvalue weighted by Gasteiger charge is -2.15. The molecule has 1 amide bonds. The van der Waals surface area contributed by atoms with Crippen LogP contribution < -0.4 is 5.32 Å². The van der Waals surface area contributed by atoms with Gasteiger partial charge in [0.05, 0.1) is 11.2 Å². The molecule has 0 aliphatic carbocycles. The number of nitrogens with zero attached hydrogens (tertiary/aromatic N) is 2. The van der Waals surface area contributed by atoms with Gasteiger partial charge >= 0.3 is 0 Å². The van der Waals surface area contributed by atoms with Crippen LogP contribution in [-0.2, 0) is 6.54 Å². The molecule has 0 saturated heterocycles. The number of hydrogen-bond acceptors (Lipinski definition) is 3. The first-order valence-electron chi connectivity index (χ1n) is 8.38. The van der Waals surface area contributed by atoms with Crippen molar-refractivity contribution in [3.8, 4) is 0 Å². The maximum Gasteiger partial charge on any atom is 0.253 e. The number of aromatic amines is 1. The molecule has 130 valence electrons. The molecule has 0 aliphatic rings. The molecule has 0 saturated carbocycles. The summed E-state index contributed by atoms with van der Waals surface area (Å²) in [7, 11) is 3.52. The Morgan fingerprint density at radius 3 is 2.48 bits per heavy atom. The van der Waals surface area contributed by atoms with Gasteiger partial charge in [-0.15, -0.1) is 0 Å². The Hall–Kier alpha value is -2.82. The highest BCUT2D eigenvalue weighted by Crippen LogP contribution is 2.26. The topological polar surface area (TPSA) is 61.0 Å². The number of nitrogens with one attached hydrogen (secondary N) is 2. The van der Waals surface area contributed by atoms with Crippen LogP contribution in [0.3, 0.4) is 0 Å². The number of aromatic nitrogens is 2. The van der Waals surface area contributed by atoms with Gasteiger partial charge in [0.1, 0.15) is 11.3 Å². The molecule has 0 atom stereocenters. The van der Waals surface area contributed by atoms with Gasteiger partial charge in [0.2, 0.25) is 0 Å². The molecule has 0 fully saturated rings. The van der Waals surface area contributed by atoms with Gasteiger partial charge in [-0.2, -0.15) is 0 Å². The molecule has 0 radical (unpaired) electrons. The highest BCUT2D eigenvalue weighted by Gasteiger charge is 2.14. The Morgan fingerprint density at radius 1 is 1.16 bits per heavy atom. The lowest BCUT2D eigenvalue weighted by Crippen LogP contribution is -2.21. The number of carbonyl (C=O) groups excluding carboxylic acids is 1. The second kappa shape index (κ2) is 6.59. The Balaban J connectivity index is 2.01. The lowest BCUT2D eigenvalue weighted by molar-refractivity contribution is 0.0828. The standard InChI is InChI=1S/C20H24N4O/c1-12-7-6-8-13(2)16(12)11-21-17-9-15(20(25)24(4)5)10-18-19(17)23-14(3)22-18/h6-10,21H,11H2,1-5H3,(H,22,23). The molecule has 3 aromatic rings. The van der Waals surface area contributed by atoms with E-state index in [2.05, 4.69) is 47.3 Å². The number of imidazole rings is 1. The third-order valence-electron chi connectivity index (χ3n) is 4.46. The molecule has 0 aliphatic heterocycles. The van der Waals surface area contributed by atoms with Gasteiger partial charge in [0.25, 0.3) is 5.91 Å². The van der Waals surface area contributed by atoms with Gasteiger partial charge in [-0.1, -0.05) is 18.2 Å². The number of rotatable bonds is 4. The van der Waals surface area contributed by atoms with Crippen LogP contribution in [0, 0.1) is 20.8 Å². The van der Waals surface area contributed by atoms with Crippen molar-refractivity contribution < 1.29 is 4.79 Å². The van der Waals surface area contributed by atoms with Crippen molar-refractivity contribution in [1.82, 2.24) is 14.9 Å². The van der Waals surface area contributed by atoms with E-state index in [-0.39, 0.29) is 5.91 Å². The minimum absolute atomic E-state index is 0.0238. The highest BCUT2D eigenvalue weighted by molar-refractivity contribution is 6.01. The van der Waals surface area contributed by atoms with E-state index in [0.29, 0.717) is 12.1 Å². The lowest BCUT2D eigenvalue weighted by atomic mass is 10.0. The molecule has 2 aromatic carbocycles. The number of anilines is 1. The largest absolute Gasteiger partial charge is 0.379 e. The van der Waals surface area contributed by atoms with Crippen molar-refractivity contribution in [3.05, 3.63) is 58.4 Å². The Morgan fingerprint density at radius 2 is 1.84 bits per heavy atom. The predicted octanol–water partition coefficient (Wildman–Crippen LogP) is 3.80. The average Bonchev–Trinajstić information content (AvgIpc) is 2.93. The Bertz CT molecular complexity index is 920. The molecular weight excluding hydrogens is 312 g/mol. The van der Waals surface area contributed by atoms with E-state index in [0.717, 1.165) is 22.5 Å². The maximum atomic E-state index is 12.4. The first-order chi connectivity index (χ1) is 11.9. The minimum atomic E-state index is -0.0238. The van der Waals surface area contributed by atoms with Crippen molar-refractivity contribution in [3.63, 3.8) is 0 Å². The fourth-order valence-electron chi connectivity index (χ4n) is 3.07. The average molecular weight is 336 g/mol. The van der Waals surface area contributed by atoms with Crippen molar-refractivity contribution >= 4 is 22.6 Å². The molecular formula is C20H24N4O. The minimum Gasteiger partial charge on any atom is -0.379 e. The fourth-order valence-corrected chi connectivity index (χ4v) is 3.07. The summed E-state index contributed by atoms with van der Waals surface area (Å²) in [4.78, 5) is 21.8. The zero-order chi connectivity index (χ0) is 18.1. The number of carbonyl (C=O) groups is 1. The zero-order valence-corrected chi connectivity index (χ0v) is 15.4. The first kappa shape index (κ1) is 17.0. The van der Waals surface area contributed by atoms with Crippen LogP contribution in [0.25, 0.3) is 11.0 Å². The van der Waals surface area contributed by atoms with Crippen molar-refractivity contribution in [2.75, 3.05) is 19.4 Å². The van der Waals surface area contributed by atoms with E-state index in [1.807, 2.05) is 19.1 Å². The van der Waals surface area contributed by atoms with Crippen LogP contribution >= 0.6 is 0 Å². The third kappa shape index (κ3) is 3.36. The summed E-state index contributed by atoms with van der Waals surface area (Å²) in [6.45, 7) is 6.84. The summed E-state index contributed by atoms with van der Waals surface area (Å²) in [5.74, 6) is 0.809. The summed E-state index contributed by atoms with van der Waals surface area (Å²) in [5.41, 5.74) is 7.02. The van der Waals surface area contributed by atoms with E-state index in [1.165, 1.54) is 16.7 Å². The van der Waals surface area contributed by atoms with Crippen molar-refractivity contribution in [2.45, 2.75) is 27.3 Å². The van der Waals surface area contributed by atoms with Gasteiger partial charge in [0.15, 0.2) is 0 Å². The molecule has 25 heavy (non-hydrogen) atoms. The van der Waals surface area contributed by atoms with Crippen LogP contribution in [0.4, 0.5) is 5.69 Å². The Labute approximate surface area is 148 Å². The number of amides is 1. The van der Waals surface area contributed by atoms with Gasteiger partial charge in [0, 0.05) is 26.2 Å². The highest BCUT2D eigenvalue weighted by atomic mass is 16.2. The molecule has 5 nitrogen and oxygen atoms in total. The van der Waals surface area contributed by atoms with Crippen LogP contribution in [0.15, 0.2) is 30.3 Å². The molecule has 0 spiro atoms. The predicted molar refractivity (Wildman–Crippen MR) is 102 cm³/mol. The van der Waals surface area contributed by atoms with Gasteiger partial charge < -0.3 is 15.2 Å². The number of benzene rings is 2. The fraction of sp³-hybridized carbons (Fsp3) is 0.300. The second-order valence-corrected chi connectivity index (χ2v) is 6.67. The van der Waals surface area contributed by atoms with Crippen LogP contribution in [0.2, 0.25) is 0 Å². The summed E-state index contributed by atoms with van der Waals surface area (Å²) >= 11 is 0. The number of H-pyrrole nitrogens is 1. The number of hydrogen-bond donors (Lipinski definition) is 2. The van der Waals surface area contributed by atoms with E-state index < -0.39 is 0 Å². The quantitative estimate of drug-likeness (QED) is 0.762. The number of aryl methyl sites for hydroxylation is 3. The van der Waals surface area contributed by atoms with Crippen molar-refractivity contribution in [2.24, 2.45) is 0 Å². The smallest absolute Gasteiger partial charge is 0.253 e.